The van der Waals surface area contributed by atoms with Crippen LogP contribution < -0.4 is 5.32 Å². The van der Waals surface area contributed by atoms with Crippen molar-refractivity contribution >= 4 is 11.9 Å². The number of hydrogen-bond acceptors (Lipinski definition) is 3. The maximum absolute atomic E-state index is 12.3. The molecule has 1 N–H and O–H groups in total. The van der Waals surface area contributed by atoms with E-state index in [2.05, 4.69) is 34.5 Å². The molecule has 1 atom stereocenters. The monoisotopic (exact) mass is 416 g/mol. The molecule has 0 bridgehead atoms. The van der Waals surface area contributed by atoms with Crippen LogP contribution in [-0.2, 0) is 10.2 Å². The first kappa shape index (κ1) is 21.2. The second kappa shape index (κ2) is 8.58. The van der Waals surface area contributed by atoms with E-state index in [1.807, 2.05) is 4.90 Å². The molecule has 1 aromatic rings. The van der Waals surface area contributed by atoms with Gasteiger partial charge in [-0.15, -0.1) is 0 Å². The predicted octanol–water partition coefficient (Wildman–Crippen LogP) is 3.63. The Bertz CT molecular complexity index is 788. The zero-order chi connectivity index (χ0) is 21.3. The van der Waals surface area contributed by atoms with Gasteiger partial charge in [-0.2, -0.15) is 0 Å². The summed E-state index contributed by atoms with van der Waals surface area (Å²) in [5.74, 6) is 0.209. The Morgan fingerprint density at radius 1 is 1.03 bits per heavy atom. The molecule has 0 saturated carbocycles. The topological polar surface area (TPSA) is 55.9 Å². The lowest BCUT2D eigenvalue weighted by Gasteiger charge is -2.49. The number of urea groups is 1. The molecule has 3 amide bonds. The Morgan fingerprint density at radius 2 is 1.70 bits per heavy atom. The Kier molecular flexibility index (Phi) is 6.05. The van der Waals surface area contributed by atoms with Crippen LogP contribution in [0.15, 0.2) is 24.3 Å². The number of amides is 3. The van der Waals surface area contributed by atoms with Crippen LogP contribution in [0.1, 0.15) is 65.5 Å². The van der Waals surface area contributed by atoms with Crippen molar-refractivity contribution in [3.05, 3.63) is 35.4 Å². The molecule has 30 heavy (non-hydrogen) atoms. The smallest absolute Gasteiger partial charge is 0.317 e. The van der Waals surface area contributed by atoms with E-state index in [0.717, 1.165) is 51.9 Å². The van der Waals surface area contributed by atoms with E-state index in [-0.39, 0.29) is 26.2 Å². The predicted molar refractivity (Wildman–Crippen MR) is 123 cm³/mol. The van der Waals surface area contributed by atoms with Crippen molar-refractivity contribution in [2.75, 3.05) is 40.3 Å². The molecule has 1 spiro atoms. The van der Waals surface area contributed by atoms with Crippen LogP contribution in [0.25, 0.3) is 0 Å². The second-order valence-electron chi connectivity index (χ2n) is 9.58. The summed E-state index contributed by atoms with van der Waals surface area (Å²) in [6.07, 6.45) is 6.72. The van der Waals surface area contributed by atoms with Crippen molar-refractivity contribution < 1.29 is 12.4 Å². The van der Waals surface area contributed by atoms with Crippen LogP contribution in [0.3, 0.4) is 0 Å². The van der Waals surface area contributed by atoms with E-state index >= 15 is 0 Å². The average molecular weight is 417 g/mol. The lowest BCUT2D eigenvalue weighted by molar-refractivity contribution is -0.130. The molecule has 0 radical (unpaired) electrons. The molecule has 2 saturated heterocycles. The van der Waals surface area contributed by atoms with Crippen molar-refractivity contribution in [1.29, 1.82) is 0 Å². The van der Waals surface area contributed by atoms with Crippen LogP contribution >= 0.6 is 0 Å². The highest BCUT2D eigenvalue weighted by molar-refractivity contribution is 5.74. The van der Waals surface area contributed by atoms with Crippen molar-refractivity contribution in [2.45, 2.75) is 62.9 Å². The summed E-state index contributed by atoms with van der Waals surface area (Å²) in [5, 5.41) is 3.21. The van der Waals surface area contributed by atoms with Crippen molar-refractivity contribution in [3.8, 4) is 0 Å². The normalized spacial score (nSPS) is 24.4. The van der Waals surface area contributed by atoms with E-state index in [4.69, 9.17) is 0 Å². The Morgan fingerprint density at radius 3 is 2.33 bits per heavy atom. The van der Waals surface area contributed by atoms with Crippen molar-refractivity contribution in [1.82, 2.24) is 20.0 Å². The fraction of sp³-hybridized carbons (Fsp3) is 0.667. The number of carbonyl (C=O) groups excluding carboxylic acids is 2. The van der Waals surface area contributed by atoms with E-state index in [9.17, 15) is 9.59 Å². The van der Waals surface area contributed by atoms with Gasteiger partial charge in [0.2, 0.25) is 5.91 Å². The third-order valence-electron chi connectivity index (χ3n) is 7.70. The van der Waals surface area contributed by atoms with Gasteiger partial charge in [-0.1, -0.05) is 24.3 Å². The first-order chi connectivity index (χ1) is 14.4. The number of nitrogens with zero attached hydrogens (tertiary/aromatic N) is 3. The number of nitrogens with one attached hydrogen (secondary N) is 1. The lowest BCUT2D eigenvalue weighted by atomic mass is 9.63. The molecule has 168 valence electrons. The standard InChI is InChI=1S/C24H36N4O2.2H2/c1-18(29)27-14-9-19(10-15-27)28-16-12-24(13-17-28)11-8-22(25-23(30)26(2)3)20-6-4-5-7-21(20)24;;/h4-7,19,22H,8-17H2,1-3H3,(H,25,30);2*1H/t22-;;/m1../s1. The third kappa shape index (κ3) is 4.07. The molecule has 6 nitrogen and oxygen atoms in total. The minimum atomic E-state index is -0.0162. The third-order valence-corrected chi connectivity index (χ3v) is 7.70. The number of carbonyl (C=O) groups is 2. The minimum absolute atomic E-state index is 0. The summed E-state index contributed by atoms with van der Waals surface area (Å²) in [5.41, 5.74) is 3.00. The number of benzene rings is 1. The molecule has 4 rings (SSSR count). The molecule has 6 heteroatoms. The van der Waals surface area contributed by atoms with E-state index in [0.29, 0.717) is 6.04 Å². The molecular formula is C24H40N4O2. The highest BCUT2D eigenvalue weighted by Gasteiger charge is 2.43. The summed E-state index contributed by atoms with van der Waals surface area (Å²) >= 11 is 0. The first-order valence-electron chi connectivity index (χ1n) is 11.5. The van der Waals surface area contributed by atoms with Gasteiger partial charge < -0.3 is 20.0 Å². The highest BCUT2D eigenvalue weighted by Crippen LogP contribution is 2.48. The molecule has 1 aliphatic carbocycles. The first-order valence-corrected chi connectivity index (χ1v) is 11.5. The Hall–Kier alpha value is -2.08. The Balaban J connectivity index is 0.00000181. The SMILES string of the molecule is CC(=O)N1CCC(N2CCC3(CC[C@@H](NC(=O)N(C)C)c4ccccc43)CC2)CC1.[HH].[HH]. The van der Waals surface area contributed by atoms with Crippen LogP contribution in [0.2, 0.25) is 0 Å². The molecule has 2 heterocycles. The van der Waals surface area contributed by atoms with Crippen LogP contribution in [0, 0.1) is 0 Å². The van der Waals surface area contributed by atoms with Gasteiger partial charge >= 0.3 is 6.03 Å². The average Bonchev–Trinajstić information content (AvgIpc) is 2.76. The summed E-state index contributed by atoms with van der Waals surface area (Å²) in [4.78, 5) is 30.1. The summed E-state index contributed by atoms with van der Waals surface area (Å²) in [6, 6.07) is 9.47. The molecule has 2 aliphatic heterocycles. The largest absolute Gasteiger partial charge is 0.343 e. The molecule has 3 aliphatic rings. The van der Waals surface area contributed by atoms with Gasteiger partial charge in [0, 0.05) is 43.0 Å². The van der Waals surface area contributed by atoms with Gasteiger partial charge in [0.15, 0.2) is 0 Å². The second-order valence-corrected chi connectivity index (χ2v) is 9.58. The molecule has 0 unspecified atom stereocenters. The van der Waals surface area contributed by atoms with Gasteiger partial charge in [-0.25, -0.2) is 4.79 Å². The molecule has 1 aromatic carbocycles. The van der Waals surface area contributed by atoms with Crippen molar-refractivity contribution in [2.24, 2.45) is 0 Å². The number of piperidine rings is 2. The summed E-state index contributed by atoms with van der Waals surface area (Å²) in [7, 11) is 3.59. The molecule has 0 aromatic heterocycles. The number of rotatable bonds is 2. The maximum atomic E-state index is 12.3. The van der Waals surface area contributed by atoms with Crippen LogP contribution in [-0.4, -0.2) is 73.0 Å². The van der Waals surface area contributed by atoms with Gasteiger partial charge in [0.25, 0.3) is 0 Å². The number of hydrogen-bond donors (Lipinski definition) is 1. The van der Waals surface area contributed by atoms with Crippen LogP contribution in [0.4, 0.5) is 4.79 Å². The van der Waals surface area contributed by atoms with E-state index in [1.54, 1.807) is 25.9 Å². The fourth-order valence-electron chi connectivity index (χ4n) is 5.81. The lowest BCUT2D eigenvalue weighted by Crippen LogP contribution is -2.52. The highest BCUT2D eigenvalue weighted by atomic mass is 16.2. The van der Waals surface area contributed by atoms with Crippen molar-refractivity contribution in [3.63, 3.8) is 0 Å². The maximum Gasteiger partial charge on any atom is 0.317 e. The Labute approximate surface area is 183 Å². The van der Waals surface area contributed by atoms with Gasteiger partial charge in [0.05, 0.1) is 6.04 Å². The van der Waals surface area contributed by atoms with Gasteiger partial charge in [0.1, 0.15) is 0 Å². The quantitative estimate of drug-likeness (QED) is 0.801. The zero-order valence-corrected chi connectivity index (χ0v) is 18.7. The fourth-order valence-corrected chi connectivity index (χ4v) is 5.81. The number of likely N-dealkylation sites (tertiary alicyclic amines) is 2. The van der Waals surface area contributed by atoms with Gasteiger partial charge in [-0.05, 0) is 68.2 Å². The summed E-state index contributed by atoms with van der Waals surface area (Å²) in [6.45, 7) is 5.75. The minimum Gasteiger partial charge on any atom is -0.343 e. The van der Waals surface area contributed by atoms with Crippen LogP contribution in [0.5, 0.6) is 0 Å². The molecular weight excluding hydrogens is 376 g/mol. The van der Waals surface area contributed by atoms with Gasteiger partial charge in [-0.3, -0.25) is 4.79 Å². The van der Waals surface area contributed by atoms with E-state index < -0.39 is 0 Å². The van der Waals surface area contributed by atoms with E-state index in [1.165, 1.54) is 24.0 Å². The number of fused-ring (bicyclic) bond motifs is 2. The molecule has 2 fully saturated rings. The zero-order valence-electron chi connectivity index (χ0n) is 18.7. The summed E-state index contributed by atoms with van der Waals surface area (Å²) < 4.78 is 0.